The lowest BCUT2D eigenvalue weighted by Gasteiger charge is -2.31. The van der Waals surface area contributed by atoms with Crippen LogP contribution in [0.2, 0.25) is 0 Å². The summed E-state index contributed by atoms with van der Waals surface area (Å²) in [6.45, 7) is 9.69. The first-order valence-electron chi connectivity index (χ1n) is 7.23. The highest BCUT2D eigenvalue weighted by molar-refractivity contribution is 5.28. The maximum Gasteiger partial charge on any atom is 0.297 e. The van der Waals surface area contributed by atoms with Gasteiger partial charge in [-0.1, -0.05) is 13.8 Å². The number of hydrogen-bond acceptors (Lipinski definition) is 5. The van der Waals surface area contributed by atoms with E-state index in [1.165, 1.54) is 0 Å². The van der Waals surface area contributed by atoms with E-state index >= 15 is 0 Å². The summed E-state index contributed by atoms with van der Waals surface area (Å²) < 4.78 is 11.3. The molecule has 1 aromatic heterocycles. The molecule has 0 radical (unpaired) electrons. The predicted molar refractivity (Wildman–Crippen MR) is 75.3 cm³/mol. The van der Waals surface area contributed by atoms with Gasteiger partial charge in [-0.2, -0.15) is 4.98 Å². The van der Waals surface area contributed by atoms with Crippen LogP contribution in [0, 0.1) is 0 Å². The number of rotatable bonds is 6. The van der Waals surface area contributed by atoms with Crippen LogP contribution in [0.3, 0.4) is 0 Å². The largest absolute Gasteiger partial charge is 0.432 e. The van der Waals surface area contributed by atoms with Crippen LogP contribution in [0.1, 0.15) is 39.3 Å². The van der Waals surface area contributed by atoms with Gasteiger partial charge in [0, 0.05) is 32.3 Å². The zero-order chi connectivity index (χ0) is 13.7. The molecular weight excluding hydrogens is 242 g/mol. The van der Waals surface area contributed by atoms with Crippen molar-refractivity contribution in [2.75, 3.05) is 24.6 Å². The minimum absolute atomic E-state index is 0.308. The summed E-state index contributed by atoms with van der Waals surface area (Å²) in [4.78, 5) is 6.72. The van der Waals surface area contributed by atoms with Crippen molar-refractivity contribution in [3.8, 4) is 0 Å². The molecule has 5 nitrogen and oxygen atoms in total. The van der Waals surface area contributed by atoms with Crippen LogP contribution in [0.15, 0.2) is 10.7 Å². The van der Waals surface area contributed by atoms with Crippen molar-refractivity contribution < 1.29 is 9.15 Å². The summed E-state index contributed by atoms with van der Waals surface area (Å²) in [6.07, 6.45) is 4.32. The van der Waals surface area contributed by atoms with Crippen molar-refractivity contribution >= 4 is 6.01 Å². The van der Waals surface area contributed by atoms with Crippen LogP contribution >= 0.6 is 0 Å². The summed E-state index contributed by atoms with van der Waals surface area (Å²) in [5.74, 6) is 0. The fraction of sp³-hybridized carbons (Fsp3) is 0.786. The smallest absolute Gasteiger partial charge is 0.297 e. The summed E-state index contributed by atoms with van der Waals surface area (Å²) in [6, 6.07) is 1.18. The molecule has 0 bridgehead atoms. The molecule has 1 fully saturated rings. The van der Waals surface area contributed by atoms with Gasteiger partial charge in [0.05, 0.1) is 11.8 Å². The number of nitrogens with one attached hydrogen (secondary N) is 1. The summed E-state index contributed by atoms with van der Waals surface area (Å²) >= 11 is 0. The molecule has 0 amide bonds. The van der Waals surface area contributed by atoms with Gasteiger partial charge in [-0.3, -0.25) is 0 Å². The quantitative estimate of drug-likeness (QED) is 0.856. The highest BCUT2D eigenvalue weighted by atomic mass is 16.5. The van der Waals surface area contributed by atoms with Crippen LogP contribution in [0.4, 0.5) is 6.01 Å². The SMILES string of the molecule is CCOC1CCCN(c2nc(CNC(C)C)co2)C1. The van der Waals surface area contributed by atoms with Gasteiger partial charge in [0.1, 0.15) is 6.26 Å². The molecule has 5 heteroatoms. The van der Waals surface area contributed by atoms with Gasteiger partial charge < -0.3 is 19.4 Å². The van der Waals surface area contributed by atoms with Crippen molar-refractivity contribution in [1.29, 1.82) is 0 Å². The average Bonchev–Trinajstić information content (AvgIpc) is 2.86. The van der Waals surface area contributed by atoms with Gasteiger partial charge >= 0.3 is 0 Å². The molecular formula is C14H25N3O2. The molecule has 19 heavy (non-hydrogen) atoms. The topological polar surface area (TPSA) is 50.5 Å². The van der Waals surface area contributed by atoms with Crippen molar-refractivity contribution in [3.63, 3.8) is 0 Å². The number of hydrogen-bond donors (Lipinski definition) is 1. The first-order chi connectivity index (χ1) is 9.19. The Morgan fingerprint density at radius 3 is 3.16 bits per heavy atom. The molecule has 2 heterocycles. The van der Waals surface area contributed by atoms with E-state index in [0.29, 0.717) is 12.1 Å². The average molecular weight is 267 g/mol. The van der Waals surface area contributed by atoms with E-state index in [1.54, 1.807) is 6.26 Å². The molecule has 1 aliphatic rings. The fourth-order valence-electron chi connectivity index (χ4n) is 2.32. The molecule has 2 rings (SSSR count). The lowest BCUT2D eigenvalue weighted by molar-refractivity contribution is 0.0516. The number of ether oxygens (including phenoxy) is 1. The first-order valence-corrected chi connectivity index (χ1v) is 7.23. The third kappa shape index (κ3) is 4.21. The Kier molecular flexibility index (Phi) is 5.22. The van der Waals surface area contributed by atoms with Gasteiger partial charge in [0.25, 0.3) is 6.01 Å². The molecule has 0 saturated carbocycles. The summed E-state index contributed by atoms with van der Waals surface area (Å²) in [5.41, 5.74) is 0.960. The number of aromatic nitrogens is 1. The first kappa shape index (κ1) is 14.3. The van der Waals surface area contributed by atoms with Gasteiger partial charge in [-0.25, -0.2) is 0 Å². The van der Waals surface area contributed by atoms with E-state index in [1.807, 2.05) is 6.92 Å². The Morgan fingerprint density at radius 1 is 1.58 bits per heavy atom. The zero-order valence-electron chi connectivity index (χ0n) is 12.2. The van der Waals surface area contributed by atoms with Crippen molar-refractivity contribution in [3.05, 3.63) is 12.0 Å². The monoisotopic (exact) mass is 267 g/mol. The predicted octanol–water partition coefficient (Wildman–Crippen LogP) is 2.18. The fourth-order valence-corrected chi connectivity index (χ4v) is 2.32. The van der Waals surface area contributed by atoms with Crippen molar-refractivity contribution in [2.45, 2.75) is 52.3 Å². The lowest BCUT2D eigenvalue weighted by atomic mass is 10.1. The van der Waals surface area contributed by atoms with Crippen LogP contribution in [-0.2, 0) is 11.3 Å². The third-order valence-electron chi connectivity index (χ3n) is 3.28. The maximum atomic E-state index is 5.70. The van der Waals surface area contributed by atoms with Crippen molar-refractivity contribution in [2.24, 2.45) is 0 Å². The summed E-state index contributed by atoms with van der Waals surface area (Å²) in [7, 11) is 0. The standard InChI is InChI=1S/C14H25N3O2/c1-4-18-13-6-5-7-17(9-13)14-16-12(10-19-14)8-15-11(2)3/h10-11,13,15H,4-9H2,1-3H3. The Bertz CT molecular complexity index is 377. The second kappa shape index (κ2) is 6.91. The van der Waals surface area contributed by atoms with Crippen LogP contribution < -0.4 is 10.2 Å². The van der Waals surface area contributed by atoms with E-state index in [0.717, 1.165) is 50.8 Å². The molecule has 0 spiro atoms. The van der Waals surface area contributed by atoms with Gasteiger partial charge in [-0.15, -0.1) is 0 Å². The van der Waals surface area contributed by atoms with Crippen LogP contribution in [-0.4, -0.2) is 36.8 Å². The third-order valence-corrected chi connectivity index (χ3v) is 3.28. The minimum Gasteiger partial charge on any atom is -0.432 e. The lowest BCUT2D eigenvalue weighted by Crippen LogP contribution is -2.40. The number of anilines is 1. The maximum absolute atomic E-state index is 5.70. The molecule has 0 aromatic carbocycles. The second-order valence-electron chi connectivity index (χ2n) is 5.32. The highest BCUT2D eigenvalue weighted by Gasteiger charge is 2.23. The normalized spacial score (nSPS) is 20.2. The number of oxazole rings is 1. The van der Waals surface area contributed by atoms with E-state index < -0.39 is 0 Å². The van der Waals surface area contributed by atoms with E-state index in [2.05, 4.69) is 29.0 Å². The van der Waals surface area contributed by atoms with Gasteiger partial charge in [0.15, 0.2) is 0 Å². The molecule has 108 valence electrons. The van der Waals surface area contributed by atoms with Crippen LogP contribution in [0.5, 0.6) is 0 Å². The highest BCUT2D eigenvalue weighted by Crippen LogP contribution is 2.20. The molecule has 1 unspecified atom stereocenters. The molecule has 1 saturated heterocycles. The van der Waals surface area contributed by atoms with Gasteiger partial charge in [-0.05, 0) is 19.8 Å². The Balaban J connectivity index is 1.90. The van der Waals surface area contributed by atoms with E-state index in [-0.39, 0.29) is 0 Å². The Hall–Kier alpha value is -1.07. The molecule has 1 N–H and O–H groups in total. The van der Waals surface area contributed by atoms with Crippen LogP contribution in [0.25, 0.3) is 0 Å². The molecule has 1 aromatic rings. The Morgan fingerprint density at radius 2 is 2.42 bits per heavy atom. The molecule has 1 aliphatic heterocycles. The minimum atomic E-state index is 0.308. The molecule has 0 aliphatic carbocycles. The summed E-state index contributed by atoms with van der Waals surface area (Å²) in [5, 5.41) is 3.34. The van der Waals surface area contributed by atoms with E-state index in [9.17, 15) is 0 Å². The van der Waals surface area contributed by atoms with Crippen molar-refractivity contribution in [1.82, 2.24) is 10.3 Å². The number of piperidine rings is 1. The van der Waals surface area contributed by atoms with Gasteiger partial charge in [0.2, 0.25) is 0 Å². The van der Waals surface area contributed by atoms with E-state index in [4.69, 9.17) is 9.15 Å². The Labute approximate surface area is 115 Å². The second-order valence-corrected chi connectivity index (χ2v) is 5.32. The number of nitrogens with zero attached hydrogens (tertiary/aromatic N) is 2. The zero-order valence-corrected chi connectivity index (χ0v) is 12.2. The molecule has 1 atom stereocenters.